The van der Waals surface area contributed by atoms with E-state index in [-0.39, 0.29) is 0 Å². The molecule has 0 saturated carbocycles. The number of H-pyrrole nitrogens is 1. The average Bonchev–Trinajstić information content (AvgIpc) is 3.46. The number of aliphatic carboxylic acids is 1. The predicted molar refractivity (Wildman–Crippen MR) is 145 cm³/mol. The summed E-state index contributed by atoms with van der Waals surface area (Å²) in [5, 5.41) is 16.4. The Morgan fingerprint density at radius 3 is 2.39 bits per heavy atom. The molecule has 4 aromatic rings. The number of alkyl halides is 3. The maximum atomic E-state index is 13.2. The van der Waals surface area contributed by atoms with E-state index in [1.165, 1.54) is 12.1 Å². The van der Waals surface area contributed by atoms with Gasteiger partial charge in [0.2, 0.25) is 0 Å². The normalized spacial score (nSPS) is 14.5. The summed E-state index contributed by atoms with van der Waals surface area (Å²) in [7, 11) is 0. The average molecular weight is 568 g/mol. The van der Waals surface area contributed by atoms with Gasteiger partial charge in [-0.25, -0.2) is 4.79 Å². The SMILES string of the molecule is Cc1cc(OC(c2ccc(C(F)(F)F)cc2)c2cc(-c3ccc(N4CCOCC4)cc3)[nH]n2)ccc1OCC(=O)O. The molecule has 1 unspecified atom stereocenters. The van der Waals surface area contributed by atoms with Gasteiger partial charge in [0.15, 0.2) is 12.7 Å². The Morgan fingerprint density at radius 2 is 1.76 bits per heavy atom. The van der Waals surface area contributed by atoms with Crippen molar-refractivity contribution in [2.45, 2.75) is 19.2 Å². The summed E-state index contributed by atoms with van der Waals surface area (Å²) >= 11 is 0. The number of halogens is 3. The molecule has 1 aliphatic rings. The molecule has 1 aromatic heterocycles. The van der Waals surface area contributed by atoms with Crippen LogP contribution >= 0.6 is 0 Å². The molecule has 2 heterocycles. The summed E-state index contributed by atoms with van der Waals surface area (Å²) in [6.07, 6.45) is -5.30. The fourth-order valence-corrected chi connectivity index (χ4v) is 4.57. The largest absolute Gasteiger partial charge is 0.482 e. The van der Waals surface area contributed by atoms with Crippen LogP contribution in [0, 0.1) is 6.92 Å². The Labute approximate surface area is 234 Å². The van der Waals surface area contributed by atoms with Crippen LogP contribution in [-0.2, 0) is 15.7 Å². The zero-order valence-electron chi connectivity index (χ0n) is 22.1. The second kappa shape index (κ2) is 11.9. The van der Waals surface area contributed by atoms with Crippen molar-refractivity contribution in [2.75, 3.05) is 37.8 Å². The third kappa shape index (κ3) is 6.80. The second-order valence-corrected chi connectivity index (χ2v) is 9.58. The fraction of sp³-hybridized carbons (Fsp3) is 0.267. The highest BCUT2D eigenvalue weighted by atomic mass is 19.4. The lowest BCUT2D eigenvalue weighted by Gasteiger charge is -2.28. The Balaban J connectivity index is 1.42. The minimum atomic E-state index is -4.47. The lowest BCUT2D eigenvalue weighted by atomic mass is 10.0. The quantitative estimate of drug-likeness (QED) is 0.261. The highest BCUT2D eigenvalue weighted by molar-refractivity contribution is 5.68. The molecule has 0 spiro atoms. The summed E-state index contributed by atoms with van der Waals surface area (Å²) in [4.78, 5) is 13.1. The van der Waals surface area contributed by atoms with Gasteiger partial charge in [-0.2, -0.15) is 18.3 Å². The third-order valence-corrected chi connectivity index (χ3v) is 6.71. The van der Waals surface area contributed by atoms with Gasteiger partial charge in [-0.15, -0.1) is 0 Å². The highest BCUT2D eigenvalue weighted by Crippen LogP contribution is 2.35. The number of hydrogen-bond donors (Lipinski definition) is 2. The van der Waals surface area contributed by atoms with Crippen molar-refractivity contribution in [3.05, 3.63) is 95.2 Å². The Morgan fingerprint density at radius 1 is 1.05 bits per heavy atom. The summed E-state index contributed by atoms with van der Waals surface area (Å²) in [5.41, 5.74) is 3.53. The van der Waals surface area contributed by atoms with E-state index in [0.717, 1.165) is 42.2 Å². The summed E-state index contributed by atoms with van der Waals surface area (Å²) in [6, 6.07) is 19.5. The van der Waals surface area contributed by atoms with E-state index in [0.29, 0.717) is 41.5 Å². The molecule has 1 aliphatic heterocycles. The Hall–Kier alpha value is -4.51. The number of hydrogen-bond acceptors (Lipinski definition) is 6. The molecule has 0 amide bonds. The molecule has 0 bridgehead atoms. The first-order chi connectivity index (χ1) is 19.7. The van der Waals surface area contributed by atoms with Gasteiger partial charge in [-0.1, -0.05) is 24.3 Å². The molecule has 3 aromatic carbocycles. The van der Waals surface area contributed by atoms with Crippen molar-refractivity contribution in [2.24, 2.45) is 0 Å². The standard InChI is InChI=1S/C30H28F3N3O5/c1-19-16-24(10-11-27(19)40-18-28(37)38)41-29(21-2-6-22(7-3-21)30(31,32)33)26-17-25(34-35-26)20-4-8-23(9-5-20)36-12-14-39-15-13-36/h2-11,16-17,29H,12-15,18H2,1H3,(H,34,35)(H,37,38). The van der Waals surface area contributed by atoms with E-state index in [1.54, 1.807) is 25.1 Å². The third-order valence-electron chi connectivity index (χ3n) is 6.71. The van der Waals surface area contributed by atoms with Crippen molar-refractivity contribution >= 4 is 11.7 Å². The number of benzene rings is 3. The molecule has 1 saturated heterocycles. The van der Waals surface area contributed by atoms with Crippen molar-refractivity contribution in [1.82, 2.24) is 10.2 Å². The Bertz CT molecular complexity index is 1480. The lowest BCUT2D eigenvalue weighted by molar-refractivity contribution is -0.139. The van der Waals surface area contributed by atoms with Gasteiger partial charge in [0.1, 0.15) is 17.2 Å². The van der Waals surface area contributed by atoms with Gasteiger partial charge >= 0.3 is 12.1 Å². The highest BCUT2D eigenvalue weighted by Gasteiger charge is 2.31. The number of rotatable bonds is 9. The van der Waals surface area contributed by atoms with Crippen LogP contribution in [0.4, 0.5) is 18.9 Å². The van der Waals surface area contributed by atoms with Crippen LogP contribution in [-0.4, -0.2) is 54.2 Å². The number of carboxylic acids is 1. The zero-order chi connectivity index (χ0) is 29.0. The van der Waals surface area contributed by atoms with E-state index in [4.69, 9.17) is 19.3 Å². The fourth-order valence-electron chi connectivity index (χ4n) is 4.57. The number of morpholine rings is 1. The van der Waals surface area contributed by atoms with Gasteiger partial charge in [0.05, 0.1) is 24.5 Å². The van der Waals surface area contributed by atoms with Crippen molar-refractivity contribution in [3.8, 4) is 22.8 Å². The van der Waals surface area contributed by atoms with Crippen LogP contribution in [0.5, 0.6) is 11.5 Å². The molecular formula is C30H28F3N3O5. The number of ether oxygens (including phenoxy) is 3. The van der Waals surface area contributed by atoms with Gasteiger partial charge in [0.25, 0.3) is 0 Å². The molecule has 8 nitrogen and oxygen atoms in total. The van der Waals surface area contributed by atoms with Gasteiger partial charge in [-0.05, 0) is 72.1 Å². The lowest BCUT2D eigenvalue weighted by Crippen LogP contribution is -2.36. The number of aromatic amines is 1. The second-order valence-electron chi connectivity index (χ2n) is 9.58. The number of aryl methyl sites for hydroxylation is 1. The number of anilines is 1. The molecule has 2 N–H and O–H groups in total. The molecule has 5 rings (SSSR count). The van der Waals surface area contributed by atoms with Crippen LogP contribution in [0.3, 0.4) is 0 Å². The van der Waals surface area contributed by atoms with Gasteiger partial charge in [-0.3, -0.25) is 5.10 Å². The smallest absolute Gasteiger partial charge is 0.416 e. The topological polar surface area (TPSA) is 96.9 Å². The maximum absolute atomic E-state index is 13.2. The monoisotopic (exact) mass is 567 g/mol. The maximum Gasteiger partial charge on any atom is 0.416 e. The van der Waals surface area contributed by atoms with Crippen LogP contribution < -0.4 is 14.4 Å². The minimum Gasteiger partial charge on any atom is -0.482 e. The molecule has 1 fully saturated rings. The first-order valence-corrected chi connectivity index (χ1v) is 12.9. The Kier molecular flexibility index (Phi) is 8.16. The van der Waals surface area contributed by atoms with Crippen molar-refractivity contribution in [3.63, 3.8) is 0 Å². The first kappa shape index (κ1) is 28.0. The number of aromatic nitrogens is 2. The van der Waals surface area contributed by atoms with E-state index in [1.807, 2.05) is 30.3 Å². The van der Waals surface area contributed by atoms with Crippen LogP contribution in [0.2, 0.25) is 0 Å². The van der Waals surface area contributed by atoms with E-state index >= 15 is 0 Å². The van der Waals surface area contributed by atoms with Crippen LogP contribution in [0.1, 0.15) is 28.5 Å². The van der Waals surface area contributed by atoms with Gasteiger partial charge < -0.3 is 24.2 Å². The van der Waals surface area contributed by atoms with Crippen LogP contribution in [0.25, 0.3) is 11.3 Å². The number of nitrogens with one attached hydrogen (secondary N) is 1. The molecule has 0 radical (unpaired) electrons. The summed E-state index contributed by atoms with van der Waals surface area (Å²) < 4.78 is 56.6. The minimum absolute atomic E-state index is 0.383. The summed E-state index contributed by atoms with van der Waals surface area (Å²) in [5.74, 6) is -0.305. The van der Waals surface area contributed by atoms with Gasteiger partial charge in [0, 0.05) is 18.8 Å². The van der Waals surface area contributed by atoms with Crippen LogP contribution in [0.15, 0.2) is 72.8 Å². The molecule has 1 atom stereocenters. The molecule has 41 heavy (non-hydrogen) atoms. The van der Waals surface area contributed by atoms with E-state index in [9.17, 15) is 18.0 Å². The predicted octanol–water partition coefficient (Wildman–Crippen LogP) is 5.87. The number of carbonyl (C=O) groups is 1. The zero-order valence-corrected chi connectivity index (χ0v) is 22.1. The summed E-state index contributed by atoms with van der Waals surface area (Å²) in [6.45, 7) is 4.28. The molecule has 11 heteroatoms. The van der Waals surface area contributed by atoms with Crippen molar-refractivity contribution in [1.29, 1.82) is 0 Å². The first-order valence-electron chi connectivity index (χ1n) is 12.9. The molecular weight excluding hydrogens is 539 g/mol. The van der Waals surface area contributed by atoms with E-state index in [2.05, 4.69) is 15.1 Å². The van der Waals surface area contributed by atoms with E-state index < -0.39 is 30.4 Å². The van der Waals surface area contributed by atoms with Crippen molar-refractivity contribution < 1.29 is 37.3 Å². The molecule has 0 aliphatic carbocycles. The number of carboxylic acid groups (broad SMARTS) is 1. The number of nitrogens with zero attached hydrogens (tertiary/aromatic N) is 2. The molecule has 214 valence electrons.